The lowest BCUT2D eigenvalue weighted by atomic mass is 10.0. The van der Waals surface area contributed by atoms with Crippen LogP contribution < -0.4 is 21.4 Å². The number of aromatic hydroxyl groups is 1. The van der Waals surface area contributed by atoms with Crippen LogP contribution in [0.1, 0.15) is 23.6 Å². The fourth-order valence-electron chi connectivity index (χ4n) is 2.63. The van der Waals surface area contributed by atoms with Crippen LogP contribution in [0.25, 0.3) is 0 Å². The molecule has 0 aromatic heterocycles. The molecule has 2 aromatic rings. The highest BCUT2D eigenvalue weighted by molar-refractivity contribution is 5.91. The molecule has 0 radical (unpaired) electrons. The van der Waals surface area contributed by atoms with Crippen molar-refractivity contribution >= 4 is 11.7 Å². The number of phenols is 1. The first kappa shape index (κ1) is 21.3. The Labute approximate surface area is 159 Å². The van der Waals surface area contributed by atoms with Gasteiger partial charge in [0.2, 0.25) is 0 Å². The maximum absolute atomic E-state index is 13.2. The quantitative estimate of drug-likeness (QED) is 0.408. The number of phenolic OH excluding ortho intramolecular Hbond substituents is 1. The zero-order valence-electron chi connectivity index (χ0n) is 15.3. The van der Waals surface area contributed by atoms with Crippen LogP contribution in [0.15, 0.2) is 36.4 Å². The highest BCUT2D eigenvalue weighted by atomic mass is 19.4. The minimum atomic E-state index is -4.71. The fourth-order valence-corrected chi connectivity index (χ4v) is 2.63. The van der Waals surface area contributed by atoms with E-state index in [2.05, 4.69) is 0 Å². The van der Waals surface area contributed by atoms with Crippen LogP contribution in [0.4, 0.5) is 23.7 Å². The molecular formula is C18H21F3N4O3. The van der Waals surface area contributed by atoms with Crippen LogP contribution in [0.3, 0.4) is 0 Å². The lowest BCUT2D eigenvalue weighted by molar-refractivity contribution is -0.139. The average molecular weight is 398 g/mol. The van der Waals surface area contributed by atoms with E-state index in [1.165, 1.54) is 7.05 Å². The van der Waals surface area contributed by atoms with Crippen molar-refractivity contribution in [2.75, 3.05) is 12.1 Å². The lowest BCUT2D eigenvalue weighted by Gasteiger charge is -2.25. The molecule has 28 heavy (non-hydrogen) atoms. The Morgan fingerprint density at radius 2 is 1.89 bits per heavy atom. The van der Waals surface area contributed by atoms with Gasteiger partial charge in [-0.15, -0.1) is 0 Å². The molecule has 2 amide bonds. The number of benzene rings is 2. The number of halogens is 3. The van der Waals surface area contributed by atoms with Gasteiger partial charge in [0.1, 0.15) is 23.7 Å². The van der Waals surface area contributed by atoms with Crippen molar-refractivity contribution in [2.45, 2.75) is 26.1 Å². The molecule has 5 N–H and O–H groups in total. The molecule has 0 fully saturated rings. The summed E-state index contributed by atoms with van der Waals surface area (Å²) in [7, 11) is 1.31. The van der Waals surface area contributed by atoms with Gasteiger partial charge < -0.3 is 9.84 Å². The summed E-state index contributed by atoms with van der Waals surface area (Å²) in [5.74, 6) is 10.3. The molecule has 2 aromatic carbocycles. The van der Waals surface area contributed by atoms with Gasteiger partial charge in [-0.1, -0.05) is 19.1 Å². The highest BCUT2D eigenvalue weighted by Crippen LogP contribution is 2.39. The molecule has 152 valence electrons. The predicted octanol–water partition coefficient (Wildman–Crippen LogP) is 3.16. The maximum Gasteiger partial charge on any atom is 0.420 e. The number of urea groups is 1. The monoisotopic (exact) mass is 398 g/mol. The molecule has 2 rings (SSSR count). The third kappa shape index (κ3) is 4.65. The van der Waals surface area contributed by atoms with Gasteiger partial charge in [-0.2, -0.15) is 13.2 Å². The summed E-state index contributed by atoms with van der Waals surface area (Å²) in [4.78, 5) is 12.1. The Hall–Kier alpha value is -2.98. The molecule has 0 saturated heterocycles. The number of nitrogens with zero attached hydrogens (tertiary/aromatic N) is 2. The van der Waals surface area contributed by atoms with Gasteiger partial charge in [-0.3, -0.25) is 5.01 Å². The minimum absolute atomic E-state index is 0.258. The number of carbonyl (C=O) groups excluding carboxylic acids is 1. The Morgan fingerprint density at radius 1 is 1.21 bits per heavy atom. The van der Waals surface area contributed by atoms with E-state index in [0.717, 1.165) is 27.7 Å². The van der Waals surface area contributed by atoms with Crippen LogP contribution in [-0.4, -0.2) is 23.2 Å². The number of hydrazine groups is 2. The number of amides is 2. The summed E-state index contributed by atoms with van der Waals surface area (Å²) in [5, 5.41) is 11.0. The highest BCUT2D eigenvalue weighted by Gasteiger charge is 2.35. The van der Waals surface area contributed by atoms with Crippen molar-refractivity contribution in [3.05, 3.63) is 53.1 Å². The van der Waals surface area contributed by atoms with E-state index in [-0.39, 0.29) is 12.3 Å². The zero-order chi connectivity index (χ0) is 21.1. The molecular weight excluding hydrogens is 377 g/mol. The van der Waals surface area contributed by atoms with Crippen molar-refractivity contribution in [1.29, 1.82) is 0 Å². The summed E-state index contributed by atoms with van der Waals surface area (Å²) < 4.78 is 45.1. The van der Waals surface area contributed by atoms with Gasteiger partial charge in [0.05, 0.1) is 5.69 Å². The van der Waals surface area contributed by atoms with Crippen LogP contribution in [0, 0.1) is 0 Å². The SMILES string of the molecule is CCc1cccc(N(N)C(=O)N(C)N)c1COc1ccc(O)cc1C(F)(F)F. The number of anilines is 1. The number of carbonyl (C=O) groups is 1. The van der Waals surface area contributed by atoms with Crippen LogP contribution in [0.5, 0.6) is 11.5 Å². The van der Waals surface area contributed by atoms with Gasteiger partial charge in [0, 0.05) is 12.6 Å². The summed E-state index contributed by atoms with van der Waals surface area (Å²) in [6, 6.07) is 6.97. The van der Waals surface area contributed by atoms with Gasteiger partial charge in [-0.25, -0.2) is 21.5 Å². The van der Waals surface area contributed by atoms with E-state index >= 15 is 0 Å². The normalized spacial score (nSPS) is 11.2. The Kier molecular flexibility index (Phi) is 6.37. The van der Waals surface area contributed by atoms with Crippen molar-refractivity contribution in [3.8, 4) is 11.5 Å². The zero-order valence-corrected chi connectivity index (χ0v) is 15.3. The van der Waals surface area contributed by atoms with Gasteiger partial charge in [0.25, 0.3) is 0 Å². The first-order valence-corrected chi connectivity index (χ1v) is 8.27. The van der Waals surface area contributed by atoms with E-state index in [0.29, 0.717) is 18.1 Å². The molecule has 0 aliphatic heterocycles. The van der Waals surface area contributed by atoms with E-state index in [1.807, 2.05) is 6.92 Å². The minimum Gasteiger partial charge on any atom is -0.508 e. The topological polar surface area (TPSA) is 105 Å². The number of nitrogens with two attached hydrogens (primary N) is 2. The standard InChI is InChI=1S/C18H21F3N4O3/c1-3-11-5-4-6-15(25(23)17(27)24(2)22)13(11)10-28-16-8-7-12(26)9-14(16)18(19,20)21/h4-9,26H,3,10,22-23H2,1-2H3. The molecule has 0 spiro atoms. The second-order valence-electron chi connectivity index (χ2n) is 6.00. The predicted molar refractivity (Wildman–Crippen MR) is 97.3 cm³/mol. The first-order valence-electron chi connectivity index (χ1n) is 8.27. The molecule has 0 heterocycles. The maximum atomic E-state index is 13.2. The summed E-state index contributed by atoms with van der Waals surface area (Å²) >= 11 is 0. The first-order chi connectivity index (χ1) is 13.1. The van der Waals surface area contributed by atoms with E-state index in [1.54, 1.807) is 18.2 Å². The summed E-state index contributed by atoms with van der Waals surface area (Å²) in [6.07, 6.45) is -4.17. The largest absolute Gasteiger partial charge is 0.508 e. The second kappa shape index (κ2) is 8.36. The second-order valence-corrected chi connectivity index (χ2v) is 6.00. The third-order valence-corrected chi connectivity index (χ3v) is 4.04. The van der Waals surface area contributed by atoms with Crippen molar-refractivity contribution < 1.29 is 27.8 Å². The van der Waals surface area contributed by atoms with E-state index < -0.39 is 29.3 Å². The molecule has 0 atom stereocenters. The molecule has 0 bridgehead atoms. The molecule has 0 saturated carbocycles. The molecule has 0 unspecified atom stereocenters. The van der Waals surface area contributed by atoms with E-state index in [9.17, 15) is 23.1 Å². The van der Waals surface area contributed by atoms with E-state index in [4.69, 9.17) is 16.4 Å². The number of hydrogen-bond acceptors (Lipinski definition) is 5. The van der Waals surface area contributed by atoms with Crippen molar-refractivity contribution in [2.24, 2.45) is 11.7 Å². The molecule has 7 nitrogen and oxygen atoms in total. The third-order valence-electron chi connectivity index (χ3n) is 4.04. The van der Waals surface area contributed by atoms with Gasteiger partial charge >= 0.3 is 12.2 Å². The van der Waals surface area contributed by atoms with Crippen LogP contribution in [-0.2, 0) is 19.2 Å². The Bertz CT molecular complexity index is 856. The number of hydrogen-bond donors (Lipinski definition) is 3. The number of ether oxygens (including phenoxy) is 1. The molecule has 0 aliphatic carbocycles. The van der Waals surface area contributed by atoms with Gasteiger partial charge in [0.15, 0.2) is 0 Å². The summed E-state index contributed by atoms with van der Waals surface area (Å²) in [5.41, 5.74) is 0.344. The van der Waals surface area contributed by atoms with Crippen LogP contribution in [0.2, 0.25) is 0 Å². The van der Waals surface area contributed by atoms with Crippen molar-refractivity contribution in [3.63, 3.8) is 0 Å². The number of alkyl halides is 3. The number of rotatable bonds is 5. The lowest BCUT2D eigenvalue weighted by Crippen LogP contribution is -2.49. The number of aryl methyl sites for hydroxylation is 1. The van der Waals surface area contributed by atoms with Crippen LogP contribution >= 0.6 is 0 Å². The Balaban J connectivity index is 2.41. The fraction of sp³-hybridized carbons (Fsp3) is 0.278. The average Bonchev–Trinajstić information content (AvgIpc) is 2.64. The smallest absolute Gasteiger partial charge is 0.420 e. The van der Waals surface area contributed by atoms with Crippen molar-refractivity contribution in [1.82, 2.24) is 5.01 Å². The van der Waals surface area contributed by atoms with Gasteiger partial charge in [-0.05, 0) is 36.2 Å². The summed E-state index contributed by atoms with van der Waals surface area (Å²) in [6.45, 7) is 1.57. The Morgan fingerprint density at radius 3 is 2.46 bits per heavy atom. The molecule has 10 heteroatoms. The molecule has 0 aliphatic rings.